The van der Waals surface area contributed by atoms with Crippen molar-refractivity contribution in [2.75, 3.05) is 20.7 Å². The highest BCUT2D eigenvalue weighted by Gasteiger charge is 2.66. The van der Waals surface area contributed by atoms with Crippen molar-refractivity contribution in [2.45, 2.75) is 44.4 Å². The van der Waals surface area contributed by atoms with Crippen LogP contribution in [0.1, 0.15) is 31.5 Å². The number of halogens is 1. The number of aryl methyl sites for hydroxylation is 1. The van der Waals surface area contributed by atoms with Crippen LogP contribution in [0.5, 0.6) is 0 Å². The van der Waals surface area contributed by atoms with Gasteiger partial charge in [0, 0.05) is 45.1 Å². The van der Waals surface area contributed by atoms with Crippen LogP contribution < -0.4 is 5.32 Å². The summed E-state index contributed by atoms with van der Waals surface area (Å²) in [5.74, 6) is 2.52. The fraction of sp³-hybridized carbons (Fsp3) is 0.812. The van der Waals surface area contributed by atoms with Crippen molar-refractivity contribution in [3.05, 3.63) is 12.2 Å². The van der Waals surface area contributed by atoms with Crippen molar-refractivity contribution >= 4 is 29.9 Å². The molecule has 1 spiro atoms. The predicted octanol–water partition coefficient (Wildman–Crippen LogP) is 1.40. The molecule has 134 valence electrons. The summed E-state index contributed by atoms with van der Waals surface area (Å²) in [5, 5.41) is 7.87. The number of aromatic nitrogens is 3. The van der Waals surface area contributed by atoms with Gasteiger partial charge in [-0.2, -0.15) is 5.10 Å². The van der Waals surface area contributed by atoms with E-state index in [1.165, 1.54) is 25.7 Å². The first kappa shape index (κ1) is 17.9. The maximum atomic E-state index is 6.00. The number of nitrogens with one attached hydrogen (secondary N) is 1. The fourth-order valence-electron chi connectivity index (χ4n) is 4.69. The van der Waals surface area contributed by atoms with Gasteiger partial charge in [0.25, 0.3) is 0 Å². The first-order chi connectivity index (χ1) is 11.2. The molecule has 3 atom stereocenters. The van der Waals surface area contributed by atoms with E-state index in [4.69, 9.17) is 4.74 Å². The molecular formula is C16H27IN6O. The van der Waals surface area contributed by atoms with Gasteiger partial charge in [-0.05, 0) is 19.3 Å². The van der Waals surface area contributed by atoms with Crippen LogP contribution in [-0.2, 0) is 18.3 Å². The summed E-state index contributed by atoms with van der Waals surface area (Å²) in [4.78, 5) is 10.9. The molecule has 0 radical (unpaired) electrons. The van der Waals surface area contributed by atoms with E-state index < -0.39 is 0 Å². The topological polar surface area (TPSA) is 67.6 Å². The first-order valence-corrected chi connectivity index (χ1v) is 8.54. The molecule has 8 heteroatoms. The Morgan fingerprint density at radius 1 is 1.54 bits per heavy atom. The van der Waals surface area contributed by atoms with Crippen LogP contribution in [0, 0.1) is 11.3 Å². The average molecular weight is 446 g/mol. The summed E-state index contributed by atoms with van der Waals surface area (Å²) >= 11 is 0. The second kappa shape index (κ2) is 6.78. The SMILES string of the molecule is CN=C(NC1C2CCOC2C12CCC2)N(C)Cc1ncnn1C.I. The lowest BCUT2D eigenvalue weighted by atomic mass is 9.46. The summed E-state index contributed by atoms with van der Waals surface area (Å²) in [7, 11) is 5.82. The molecule has 3 unspecified atom stereocenters. The molecule has 7 nitrogen and oxygen atoms in total. The van der Waals surface area contributed by atoms with Gasteiger partial charge in [-0.15, -0.1) is 24.0 Å². The summed E-state index contributed by atoms with van der Waals surface area (Å²) in [5.41, 5.74) is 0.364. The van der Waals surface area contributed by atoms with Gasteiger partial charge >= 0.3 is 0 Å². The second-order valence-electron chi connectivity index (χ2n) is 7.16. The van der Waals surface area contributed by atoms with Gasteiger partial charge in [0.05, 0.1) is 12.6 Å². The Morgan fingerprint density at radius 3 is 2.92 bits per heavy atom. The monoisotopic (exact) mass is 446 g/mol. The van der Waals surface area contributed by atoms with E-state index >= 15 is 0 Å². The number of nitrogens with zero attached hydrogens (tertiary/aromatic N) is 5. The molecule has 2 aliphatic carbocycles. The van der Waals surface area contributed by atoms with Gasteiger partial charge < -0.3 is 15.0 Å². The van der Waals surface area contributed by atoms with E-state index in [0.29, 0.717) is 30.0 Å². The predicted molar refractivity (Wildman–Crippen MR) is 102 cm³/mol. The summed E-state index contributed by atoms with van der Waals surface area (Å²) in [6, 6.07) is 0.504. The number of fused-ring (bicyclic) bond motifs is 2. The molecule has 24 heavy (non-hydrogen) atoms. The van der Waals surface area contributed by atoms with E-state index in [1.807, 2.05) is 14.1 Å². The van der Waals surface area contributed by atoms with Crippen molar-refractivity contribution in [2.24, 2.45) is 23.4 Å². The molecule has 0 bridgehead atoms. The van der Waals surface area contributed by atoms with Crippen LogP contribution in [0.3, 0.4) is 0 Å². The van der Waals surface area contributed by atoms with Crippen molar-refractivity contribution in [3.8, 4) is 0 Å². The number of guanidine groups is 1. The molecule has 4 rings (SSSR count). The Kier molecular flexibility index (Phi) is 5.06. The smallest absolute Gasteiger partial charge is 0.194 e. The average Bonchev–Trinajstić information content (AvgIpc) is 3.07. The second-order valence-corrected chi connectivity index (χ2v) is 7.16. The molecule has 3 fully saturated rings. The molecule has 1 aromatic heterocycles. The van der Waals surface area contributed by atoms with Crippen LogP contribution in [-0.4, -0.2) is 58.5 Å². The largest absolute Gasteiger partial charge is 0.377 e. The van der Waals surface area contributed by atoms with Crippen LogP contribution >= 0.6 is 24.0 Å². The molecule has 2 saturated carbocycles. The number of aliphatic imine (C=N–C) groups is 1. The Labute approximate surface area is 160 Å². The number of rotatable bonds is 3. The van der Waals surface area contributed by atoms with Gasteiger partial charge in [-0.3, -0.25) is 9.67 Å². The van der Waals surface area contributed by atoms with Crippen LogP contribution in [0.15, 0.2) is 11.3 Å². The Hall–Kier alpha value is -0.900. The lowest BCUT2D eigenvalue weighted by Gasteiger charge is -2.63. The summed E-state index contributed by atoms with van der Waals surface area (Å²) in [6.07, 6.45) is 7.16. The van der Waals surface area contributed by atoms with Gasteiger partial charge in [0.1, 0.15) is 12.2 Å². The van der Waals surface area contributed by atoms with Gasteiger partial charge in [-0.25, -0.2) is 4.98 Å². The minimum Gasteiger partial charge on any atom is -0.377 e. The zero-order valence-electron chi connectivity index (χ0n) is 14.6. The quantitative estimate of drug-likeness (QED) is 0.432. The molecule has 1 aliphatic heterocycles. The maximum absolute atomic E-state index is 6.00. The third kappa shape index (κ3) is 2.61. The number of hydrogen-bond acceptors (Lipinski definition) is 4. The Bertz CT molecular complexity index is 613. The number of ether oxygens (including phenoxy) is 1. The minimum atomic E-state index is 0. The van der Waals surface area contributed by atoms with Gasteiger partial charge in [0.2, 0.25) is 0 Å². The third-order valence-corrected chi connectivity index (χ3v) is 6.08. The zero-order valence-corrected chi connectivity index (χ0v) is 16.9. The molecule has 1 saturated heterocycles. The molecule has 1 N–H and O–H groups in total. The third-order valence-electron chi connectivity index (χ3n) is 6.08. The van der Waals surface area contributed by atoms with Crippen LogP contribution in [0.4, 0.5) is 0 Å². The van der Waals surface area contributed by atoms with E-state index in [9.17, 15) is 0 Å². The minimum absolute atomic E-state index is 0. The van der Waals surface area contributed by atoms with Crippen LogP contribution in [0.25, 0.3) is 0 Å². The zero-order chi connectivity index (χ0) is 16.0. The molecular weight excluding hydrogens is 419 g/mol. The standard InChI is InChI=1S/C16H26N6O.HI/c1-17-15(21(2)9-12-18-10-19-22(12)3)20-13-11-5-8-23-14(11)16(13)6-4-7-16;/h10-11,13-14H,4-9H2,1-3H3,(H,17,20);1H. The van der Waals surface area contributed by atoms with E-state index in [2.05, 4.69) is 32.3 Å². The summed E-state index contributed by atoms with van der Waals surface area (Å²) < 4.78 is 7.81. The highest BCUT2D eigenvalue weighted by atomic mass is 127. The fourth-order valence-corrected chi connectivity index (χ4v) is 4.69. The molecule has 0 amide bonds. The molecule has 3 aliphatic rings. The Balaban J connectivity index is 0.00000169. The van der Waals surface area contributed by atoms with Crippen molar-refractivity contribution < 1.29 is 4.74 Å². The van der Waals surface area contributed by atoms with Crippen molar-refractivity contribution in [1.82, 2.24) is 25.0 Å². The Morgan fingerprint density at radius 2 is 2.33 bits per heavy atom. The normalized spacial score (nSPS) is 30.1. The highest BCUT2D eigenvalue weighted by molar-refractivity contribution is 14.0. The van der Waals surface area contributed by atoms with Crippen molar-refractivity contribution in [3.63, 3.8) is 0 Å². The molecule has 1 aromatic rings. The van der Waals surface area contributed by atoms with Crippen LogP contribution in [0.2, 0.25) is 0 Å². The highest BCUT2D eigenvalue weighted by Crippen LogP contribution is 2.62. The lowest BCUT2D eigenvalue weighted by molar-refractivity contribution is -0.171. The molecule has 2 heterocycles. The molecule has 0 aromatic carbocycles. The maximum Gasteiger partial charge on any atom is 0.194 e. The summed E-state index contributed by atoms with van der Waals surface area (Å²) in [6.45, 7) is 1.61. The van der Waals surface area contributed by atoms with E-state index in [1.54, 1.807) is 11.0 Å². The van der Waals surface area contributed by atoms with E-state index in [-0.39, 0.29) is 24.0 Å². The first-order valence-electron chi connectivity index (χ1n) is 8.54. The lowest BCUT2D eigenvalue weighted by Crippen LogP contribution is -2.72. The van der Waals surface area contributed by atoms with E-state index in [0.717, 1.165) is 18.4 Å². The number of hydrogen-bond donors (Lipinski definition) is 1. The van der Waals surface area contributed by atoms with Crippen molar-refractivity contribution in [1.29, 1.82) is 0 Å². The van der Waals surface area contributed by atoms with Gasteiger partial charge in [0.15, 0.2) is 5.96 Å². The van der Waals surface area contributed by atoms with Gasteiger partial charge in [-0.1, -0.05) is 6.42 Å².